The summed E-state index contributed by atoms with van der Waals surface area (Å²) < 4.78 is 34.1. The maximum Gasteiger partial charge on any atom is 0.387 e. The van der Waals surface area contributed by atoms with Gasteiger partial charge in [0, 0.05) is 12.3 Å². The van der Waals surface area contributed by atoms with Crippen molar-refractivity contribution < 1.29 is 23.0 Å². The van der Waals surface area contributed by atoms with Gasteiger partial charge in [0.25, 0.3) is 0 Å². The summed E-state index contributed by atoms with van der Waals surface area (Å²) in [5.74, 6) is 1.19. The van der Waals surface area contributed by atoms with Gasteiger partial charge in [-0.15, -0.1) is 11.8 Å². The summed E-state index contributed by atoms with van der Waals surface area (Å²) in [5.41, 5.74) is 3.16. The largest absolute Gasteiger partial charge is 0.493 e. The zero-order chi connectivity index (χ0) is 18.9. The van der Waals surface area contributed by atoms with Crippen molar-refractivity contribution in [1.82, 2.24) is 5.32 Å². The average molecular weight is 381 g/mol. The second-order valence-electron chi connectivity index (χ2n) is 5.56. The van der Waals surface area contributed by atoms with Crippen molar-refractivity contribution >= 4 is 17.7 Å². The molecule has 0 aromatic heterocycles. The van der Waals surface area contributed by atoms with Crippen LogP contribution in [0.3, 0.4) is 0 Å². The number of alkyl halides is 2. The van der Waals surface area contributed by atoms with Crippen LogP contribution < -0.4 is 14.8 Å². The van der Waals surface area contributed by atoms with Crippen molar-refractivity contribution in [2.75, 3.05) is 12.9 Å². The third kappa shape index (κ3) is 6.22. The molecular weight excluding hydrogens is 360 g/mol. The van der Waals surface area contributed by atoms with Crippen LogP contribution in [0, 0.1) is 6.92 Å². The highest BCUT2D eigenvalue weighted by Crippen LogP contribution is 2.29. The summed E-state index contributed by atoms with van der Waals surface area (Å²) in [6, 6.07) is 12.7. The number of carbonyl (C=O) groups is 1. The van der Waals surface area contributed by atoms with Crippen molar-refractivity contribution in [3.05, 3.63) is 59.2 Å². The van der Waals surface area contributed by atoms with E-state index in [0.29, 0.717) is 5.75 Å². The Labute approximate surface area is 155 Å². The van der Waals surface area contributed by atoms with E-state index in [1.54, 1.807) is 23.9 Å². The molecule has 7 heteroatoms. The molecule has 1 amide bonds. The number of ether oxygens (including phenoxy) is 2. The molecule has 2 aromatic carbocycles. The highest BCUT2D eigenvalue weighted by Gasteiger charge is 2.11. The van der Waals surface area contributed by atoms with Gasteiger partial charge in [-0.2, -0.15) is 8.78 Å². The molecule has 0 aliphatic rings. The lowest BCUT2D eigenvalue weighted by molar-refractivity contribution is -0.118. The molecule has 0 heterocycles. The molecule has 140 valence electrons. The van der Waals surface area contributed by atoms with Crippen molar-refractivity contribution in [1.29, 1.82) is 0 Å². The number of halogens is 2. The van der Waals surface area contributed by atoms with Crippen LogP contribution in [0.1, 0.15) is 16.7 Å². The van der Waals surface area contributed by atoms with E-state index >= 15 is 0 Å². The molecule has 1 N–H and O–H groups in total. The number of carbonyl (C=O) groups excluding carboxylic acids is 1. The Balaban J connectivity index is 1.80. The number of nitrogens with one attached hydrogen (secondary N) is 1. The Hall–Kier alpha value is -2.28. The van der Waals surface area contributed by atoms with E-state index in [2.05, 4.69) is 16.1 Å². The summed E-state index contributed by atoms with van der Waals surface area (Å²) in [5, 5.41) is 2.81. The zero-order valence-corrected chi connectivity index (χ0v) is 15.4. The molecule has 0 saturated heterocycles. The molecule has 4 nitrogen and oxygen atoms in total. The van der Waals surface area contributed by atoms with Gasteiger partial charge >= 0.3 is 6.61 Å². The van der Waals surface area contributed by atoms with E-state index in [9.17, 15) is 13.6 Å². The average Bonchev–Trinajstić information content (AvgIpc) is 2.62. The van der Waals surface area contributed by atoms with E-state index in [-0.39, 0.29) is 24.0 Å². The molecule has 2 rings (SSSR count). The third-order valence-electron chi connectivity index (χ3n) is 3.69. The number of thioether (sulfide) groups is 1. The Kier molecular flexibility index (Phi) is 7.72. The summed E-state index contributed by atoms with van der Waals surface area (Å²) in [6.07, 6.45) is 0. The predicted molar refractivity (Wildman–Crippen MR) is 98.8 cm³/mol. The second kappa shape index (κ2) is 10.0. The molecule has 0 atom stereocenters. The minimum absolute atomic E-state index is 0.0358. The maximum atomic E-state index is 12.3. The van der Waals surface area contributed by atoms with Gasteiger partial charge < -0.3 is 14.8 Å². The Morgan fingerprint density at radius 3 is 2.65 bits per heavy atom. The topological polar surface area (TPSA) is 47.6 Å². The summed E-state index contributed by atoms with van der Waals surface area (Å²) in [4.78, 5) is 12.0. The SMILES string of the molecule is COc1cc(CNC(=O)CSCc2ccccc2C)ccc1OC(F)F. The number of hydrogen-bond acceptors (Lipinski definition) is 4. The van der Waals surface area contributed by atoms with E-state index < -0.39 is 6.61 Å². The highest BCUT2D eigenvalue weighted by molar-refractivity contribution is 7.99. The molecule has 0 saturated carbocycles. The normalized spacial score (nSPS) is 10.7. The van der Waals surface area contributed by atoms with Crippen molar-refractivity contribution in [2.24, 2.45) is 0 Å². The first-order chi connectivity index (χ1) is 12.5. The number of methoxy groups -OCH3 is 1. The molecule has 0 radical (unpaired) electrons. The summed E-state index contributed by atoms with van der Waals surface area (Å²) in [6.45, 7) is -0.584. The van der Waals surface area contributed by atoms with E-state index in [1.165, 1.54) is 24.3 Å². The van der Waals surface area contributed by atoms with Gasteiger partial charge in [-0.1, -0.05) is 30.3 Å². The number of benzene rings is 2. The molecule has 0 bridgehead atoms. The number of amides is 1. The monoisotopic (exact) mass is 381 g/mol. The van der Waals surface area contributed by atoms with Crippen LogP contribution in [-0.4, -0.2) is 25.4 Å². The van der Waals surface area contributed by atoms with Gasteiger partial charge in [0.1, 0.15) is 0 Å². The van der Waals surface area contributed by atoms with E-state index in [4.69, 9.17) is 4.74 Å². The van der Waals surface area contributed by atoms with Gasteiger partial charge in [0.05, 0.1) is 12.9 Å². The summed E-state index contributed by atoms with van der Waals surface area (Å²) >= 11 is 1.54. The fraction of sp³-hybridized carbons (Fsp3) is 0.316. The Morgan fingerprint density at radius 1 is 1.19 bits per heavy atom. The van der Waals surface area contributed by atoms with Crippen molar-refractivity contribution in [3.63, 3.8) is 0 Å². The lowest BCUT2D eigenvalue weighted by Gasteiger charge is -2.12. The molecule has 26 heavy (non-hydrogen) atoms. The zero-order valence-electron chi connectivity index (χ0n) is 14.6. The van der Waals surface area contributed by atoms with E-state index in [1.807, 2.05) is 25.1 Å². The second-order valence-corrected chi connectivity index (χ2v) is 6.55. The van der Waals surface area contributed by atoms with Crippen LogP contribution in [0.4, 0.5) is 8.78 Å². The fourth-order valence-corrected chi connectivity index (χ4v) is 3.23. The highest BCUT2D eigenvalue weighted by atomic mass is 32.2. The minimum Gasteiger partial charge on any atom is -0.493 e. The van der Waals surface area contributed by atoms with Crippen LogP contribution >= 0.6 is 11.8 Å². The lowest BCUT2D eigenvalue weighted by atomic mass is 10.1. The molecule has 0 fully saturated rings. The molecule has 2 aromatic rings. The lowest BCUT2D eigenvalue weighted by Crippen LogP contribution is -2.24. The number of aryl methyl sites for hydroxylation is 1. The standard InChI is InChI=1S/C19H21F2NO3S/c1-13-5-3-4-6-15(13)11-26-12-18(23)22-10-14-7-8-16(25-19(20)21)17(9-14)24-2/h3-9,19H,10-12H2,1-2H3,(H,22,23). The van der Waals surface area contributed by atoms with Crippen LogP contribution in [-0.2, 0) is 17.1 Å². The molecule has 0 spiro atoms. The first-order valence-corrected chi connectivity index (χ1v) is 9.15. The first-order valence-electron chi connectivity index (χ1n) is 8.00. The van der Waals surface area contributed by atoms with Gasteiger partial charge in [-0.3, -0.25) is 4.79 Å². The van der Waals surface area contributed by atoms with Gasteiger partial charge in [-0.25, -0.2) is 0 Å². The Morgan fingerprint density at radius 2 is 1.96 bits per heavy atom. The predicted octanol–water partition coefficient (Wildman–Crippen LogP) is 4.15. The smallest absolute Gasteiger partial charge is 0.387 e. The van der Waals surface area contributed by atoms with Gasteiger partial charge in [-0.05, 0) is 35.7 Å². The van der Waals surface area contributed by atoms with Crippen LogP contribution in [0.5, 0.6) is 11.5 Å². The number of rotatable bonds is 9. The molecule has 0 aliphatic carbocycles. The maximum absolute atomic E-state index is 12.3. The fourth-order valence-electron chi connectivity index (χ4n) is 2.29. The molecule has 0 unspecified atom stereocenters. The minimum atomic E-state index is -2.92. The third-order valence-corrected chi connectivity index (χ3v) is 4.67. The van der Waals surface area contributed by atoms with Crippen LogP contribution in [0.25, 0.3) is 0 Å². The van der Waals surface area contributed by atoms with Crippen LogP contribution in [0.2, 0.25) is 0 Å². The van der Waals surface area contributed by atoms with Crippen molar-refractivity contribution in [3.8, 4) is 11.5 Å². The Bertz CT molecular complexity index is 740. The quantitative estimate of drug-likeness (QED) is 0.709. The van der Waals surface area contributed by atoms with E-state index in [0.717, 1.165) is 11.3 Å². The molecular formula is C19H21F2NO3S. The molecule has 0 aliphatic heterocycles. The summed E-state index contributed by atoms with van der Waals surface area (Å²) in [7, 11) is 1.37. The van der Waals surface area contributed by atoms with Gasteiger partial charge in [0.2, 0.25) is 5.91 Å². The van der Waals surface area contributed by atoms with Crippen molar-refractivity contribution in [2.45, 2.75) is 25.8 Å². The number of hydrogen-bond donors (Lipinski definition) is 1. The van der Waals surface area contributed by atoms with Crippen LogP contribution in [0.15, 0.2) is 42.5 Å². The van der Waals surface area contributed by atoms with Gasteiger partial charge in [0.15, 0.2) is 11.5 Å². The first kappa shape index (κ1) is 20.0.